The van der Waals surface area contributed by atoms with Crippen LogP contribution in [-0.4, -0.2) is 70.6 Å². The van der Waals surface area contributed by atoms with Gasteiger partial charge in [0.05, 0.1) is 47.9 Å². The number of carbonyl (C=O) groups is 1. The second kappa shape index (κ2) is 9.88. The number of anilines is 3. The maximum Gasteiger partial charge on any atom is 0.269 e. The van der Waals surface area contributed by atoms with Crippen LogP contribution in [0, 0.1) is 5.82 Å². The number of morpholine rings is 1. The van der Waals surface area contributed by atoms with Crippen molar-refractivity contribution in [2.24, 2.45) is 5.73 Å². The number of primary amides is 1. The molecule has 0 aromatic carbocycles. The molecule has 1 aliphatic rings. The molecule has 0 radical (unpaired) electrons. The van der Waals surface area contributed by atoms with Crippen molar-refractivity contribution in [2.45, 2.75) is 6.54 Å². The molecule has 3 N–H and O–H groups in total. The van der Waals surface area contributed by atoms with Crippen LogP contribution in [0.5, 0.6) is 0 Å². The van der Waals surface area contributed by atoms with Crippen LogP contribution in [0.1, 0.15) is 16.2 Å². The van der Waals surface area contributed by atoms with Gasteiger partial charge in [0.25, 0.3) is 5.91 Å². The van der Waals surface area contributed by atoms with Gasteiger partial charge in [-0.2, -0.15) is 0 Å². The van der Waals surface area contributed by atoms with Gasteiger partial charge in [-0.05, 0) is 44.4 Å². The third-order valence-corrected chi connectivity index (χ3v) is 5.90. The Kier molecular flexibility index (Phi) is 6.49. The number of fused-ring (bicyclic) bond motifs is 1. The summed E-state index contributed by atoms with van der Waals surface area (Å²) in [5.74, 6) is -0.491. The fourth-order valence-electron chi connectivity index (χ4n) is 4.25. The number of hydrogen-bond acceptors (Lipinski definition) is 8. The van der Waals surface area contributed by atoms with Crippen LogP contribution in [0.3, 0.4) is 0 Å². The predicted molar refractivity (Wildman–Crippen MR) is 135 cm³/mol. The lowest BCUT2D eigenvalue weighted by Crippen LogP contribution is -2.37. The van der Waals surface area contributed by atoms with Crippen molar-refractivity contribution < 1.29 is 13.9 Å². The summed E-state index contributed by atoms with van der Waals surface area (Å²) in [6, 6.07) is 10.1. The van der Waals surface area contributed by atoms with Gasteiger partial charge in [-0.3, -0.25) is 9.20 Å². The van der Waals surface area contributed by atoms with E-state index in [-0.39, 0.29) is 11.5 Å². The molecule has 10 nitrogen and oxygen atoms in total. The highest BCUT2D eigenvalue weighted by atomic mass is 19.1. The van der Waals surface area contributed by atoms with Crippen molar-refractivity contribution in [1.82, 2.24) is 24.3 Å². The fraction of sp³-hybridized carbons (Fsp3) is 0.280. The summed E-state index contributed by atoms with van der Waals surface area (Å²) in [5, 5.41) is 3.21. The number of pyridine rings is 3. The summed E-state index contributed by atoms with van der Waals surface area (Å²) in [5.41, 5.74) is 9.69. The summed E-state index contributed by atoms with van der Waals surface area (Å²) in [7, 11) is 3.99. The molecule has 1 fully saturated rings. The average Bonchev–Trinajstić information content (AvgIpc) is 3.27. The number of carbonyl (C=O) groups excluding carboxylic acids is 1. The molecular weight excluding hydrogens is 463 g/mol. The maximum absolute atomic E-state index is 13.6. The molecule has 5 rings (SSSR count). The van der Waals surface area contributed by atoms with E-state index in [0.717, 1.165) is 24.5 Å². The molecule has 1 amide bonds. The van der Waals surface area contributed by atoms with Crippen LogP contribution in [0.2, 0.25) is 0 Å². The average molecular weight is 491 g/mol. The number of imidazole rings is 1. The minimum absolute atomic E-state index is 0.0674. The van der Waals surface area contributed by atoms with Crippen molar-refractivity contribution in [3.05, 3.63) is 66.0 Å². The number of amides is 1. The summed E-state index contributed by atoms with van der Waals surface area (Å²) < 4.78 is 20.7. The fourth-order valence-corrected chi connectivity index (χ4v) is 4.25. The van der Waals surface area contributed by atoms with E-state index < -0.39 is 5.91 Å². The second-order valence-corrected chi connectivity index (χ2v) is 8.80. The normalized spacial score (nSPS) is 13.9. The quantitative estimate of drug-likeness (QED) is 0.407. The van der Waals surface area contributed by atoms with Gasteiger partial charge in [-0.1, -0.05) is 0 Å². The van der Waals surface area contributed by atoms with E-state index in [2.05, 4.69) is 25.1 Å². The molecule has 0 saturated carbocycles. The highest BCUT2D eigenvalue weighted by Crippen LogP contribution is 2.28. The van der Waals surface area contributed by atoms with Crippen molar-refractivity contribution in [3.8, 4) is 11.4 Å². The Morgan fingerprint density at radius 2 is 1.97 bits per heavy atom. The third-order valence-electron chi connectivity index (χ3n) is 5.90. The Hall–Kier alpha value is -4.09. The molecule has 1 saturated heterocycles. The van der Waals surface area contributed by atoms with Gasteiger partial charge >= 0.3 is 0 Å². The van der Waals surface area contributed by atoms with Crippen LogP contribution >= 0.6 is 0 Å². The molecule has 4 aromatic heterocycles. The number of nitrogens with zero attached hydrogens (tertiary/aromatic N) is 6. The minimum atomic E-state index is -0.683. The van der Waals surface area contributed by atoms with Gasteiger partial charge < -0.3 is 25.6 Å². The van der Waals surface area contributed by atoms with Crippen LogP contribution < -0.4 is 16.0 Å². The van der Waals surface area contributed by atoms with Crippen molar-refractivity contribution >= 4 is 28.7 Å². The number of ether oxygens (including phenoxy) is 1. The molecule has 0 unspecified atom stereocenters. The molecule has 0 bridgehead atoms. The standard InChI is InChI=1S/C25H27FN8O2/c1-32(2)15-19-20(33-9-11-36-12-10-33)5-6-22(30-19)29-18-4-3-17(31-24(18)25(27)35)21-14-28-23-13-16(26)7-8-34(21)23/h3-8,13-14H,9-12,15H2,1-2H3,(H2,27,35)(H,29,30). The summed E-state index contributed by atoms with van der Waals surface area (Å²) in [6.45, 7) is 3.63. The van der Waals surface area contributed by atoms with Gasteiger partial charge in [0.2, 0.25) is 0 Å². The number of nitrogens with one attached hydrogen (secondary N) is 1. The zero-order valence-electron chi connectivity index (χ0n) is 20.1. The first-order valence-corrected chi connectivity index (χ1v) is 11.6. The Morgan fingerprint density at radius 1 is 1.17 bits per heavy atom. The lowest BCUT2D eigenvalue weighted by atomic mass is 10.2. The van der Waals surface area contributed by atoms with Gasteiger partial charge in [0, 0.05) is 31.9 Å². The molecule has 4 aromatic rings. The Morgan fingerprint density at radius 3 is 2.72 bits per heavy atom. The monoisotopic (exact) mass is 490 g/mol. The highest BCUT2D eigenvalue weighted by Gasteiger charge is 2.19. The molecule has 11 heteroatoms. The van der Waals surface area contributed by atoms with E-state index >= 15 is 0 Å². The van der Waals surface area contributed by atoms with Crippen LogP contribution in [-0.2, 0) is 11.3 Å². The zero-order valence-corrected chi connectivity index (χ0v) is 20.1. The Bertz CT molecular complexity index is 1410. The van der Waals surface area contributed by atoms with E-state index in [4.69, 9.17) is 15.5 Å². The predicted octanol–water partition coefficient (Wildman–Crippen LogP) is 2.67. The molecule has 1 aliphatic heterocycles. The summed E-state index contributed by atoms with van der Waals surface area (Å²) in [4.78, 5) is 30.2. The summed E-state index contributed by atoms with van der Waals surface area (Å²) >= 11 is 0. The van der Waals surface area contributed by atoms with Crippen molar-refractivity contribution in [3.63, 3.8) is 0 Å². The van der Waals surface area contributed by atoms with E-state index in [1.807, 2.05) is 26.2 Å². The number of rotatable bonds is 7. The van der Waals surface area contributed by atoms with Gasteiger partial charge in [0.1, 0.15) is 17.3 Å². The van der Waals surface area contributed by atoms with E-state index in [9.17, 15) is 9.18 Å². The highest BCUT2D eigenvalue weighted by molar-refractivity contribution is 5.97. The van der Waals surface area contributed by atoms with Crippen molar-refractivity contribution in [1.29, 1.82) is 0 Å². The molecule has 0 aliphatic carbocycles. The van der Waals surface area contributed by atoms with Gasteiger partial charge in [-0.25, -0.2) is 19.3 Å². The number of halogens is 1. The second-order valence-electron chi connectivity index (χ2n) is 8.80. The SMILES string of the molecule is CN(C)Cc1nc(Nc2ccc(-c3cnc4cc(F)ccn34)nc2C(N)=O)ccc1N1CCOCC1. The Labute approximate surface area is 207 Å². The summed E-state index contributed by atoms with van der Waals surface area (Å²) in [6.07, 6.45) is 3.14. The first-order chi connectivity index (χ1) is 17.4. The van der Waals surface area contributed by atoms with Gasteiger partial charge in [-0.15, -0.1) is 0 Å². The molecule has 5 heterocycles. The number of hydrogen-bond donors (Lipinski definition) is 2. The third kappa shape index (κ3) is 4.83. The van der Waals surface area contributed by atoms with Crippen LogP contribution in [0.4, 0.5) is 21.6 Å². The number of aromatic nitrogens is 4. The first kappa shape index (κ1) is 23.6. The molecule has 0 spiro atoms. The lowest BCUT2D eigenvalue weighted by molar-refractivity contribution is 0.0996. The largest absolute Gasteiger partial charge is 0.378 e. The topological polar surface area (TPSA) is 114 Å². The van der Waals surface area contributed by atoms with E-state index in [0.29, 0.717) is 48.3 Å². The smallest absolute Gasteiger partial charge is 0.269 e. The molecular formula is C25H27FN8O2. The first-order valence-electron chi connectivity index (χ1n) is 11.6. The minimum Gasteiger partial charge on any atom is -0.378 e. The molecule has 36 heavy (non-hydrogen) atoms. The van der Waals surface area contributed by atoms with Gasteiger partial charge in [0.15, 0.2) is 5.69 Å². The lowest BCUT2D eigenvalue weighted by Gasteiger charge is -2.31. The van der Waals surface area contributed by atoms with Crippen LogP contribution in [0.15, 0.2) is 48.8 Å². The maximum atomic E-state index is 13.6. The van der Waals surface area contributed by atoms with Crippen molar-refractivity contribution in [2.75, 3.05) is 50.6 Å². The zero-order chi connectivity index (χ0) is 25.2. The number of nitrogens with two attached hydrogens (primary N) is 1. The Balaban J connectivity index is 1.47. The molecule has 0 atom stereocenters. The molecule has 186 valence electrons. The van der Waals surface area contributed by atoms with E-state index in [1.165, 1.54) is 12.1 Å². The van der Waals surface area contributed by atoms with Crippen LogP contribution in [0.25, 0.3) is 17.0 Å². The van der Waals surface area contributed by atoms with E-state index in [1.54, 1.807) is 28.9 Å².